The van der Waals surface area contributed by atoms with Crippen molar-refractivity contribution in [3.8, 4) is 5.75 Å². The summed E-state index contributed by atoms with van der Waals surface area (Å²) in [7, 11) is 0. The molecule has 3 heterocycles. The van der Waals surface area contributed by atoms with Gasteiger partial charge < -0.3 is 14.4 Å². The zero-order chi connectivity index (χ0) is 21.0. The smallest absolute Gasteiger partial charge is 0.244 e. The predicted molar refractivity (Wildman–Crippen MR) is 119 cm³/mol. The molecule has 1 atom stereocenters. The van der Waals surface area contributed by atoms with Crippen LogP contribution in [-0.4, -0.2) is 79.7 Å². The van der Waals surface area contributed by atoms with E-state index in [1.165, 1.54) is 11.1 Å². The Balaban J connectivity index is 1.25. The van der Waals surface area contributed by atoms with Gasteiger partial charge in [0.15, 0.2) is 0 Å². The maximum atomic E-state index is 13.5. The summed E-state index contributed by atoms with van der Waals surface area (Å²) in [5.74, 6) is 1.25. The lowest BCUT2D eigenvalue weighted by molar-refractivity contribution is -0.142. The van der Waals surface area contributed by atoms with Crippen LogP contribution < -0.4 is 4.74 Å². The standard InChI is InChI=1S/C25H31N3O3/c29-25(28-13-16-30-17-14-28)24(21-4-2-1-3-5-21)27-11-9-26(10-12-27)19-20-6-7-23-22(18-20)8-15-31-23/h1-7,18,24H,8-17,19H2/t24-/m0/s1. The molecule has 5 rings (SSSR count). The SMILES string of the molecule is O=C([C@H](c1ccccc1)N1CCN(Cc2ccc3c(c2)CCO3)CC1)N1CCOCC1. The summed E-state index contributed by atoms with van der Waals surface area (Å²) in [6, 6.07) is 16.6. The molecule has 2 aromatic rings. The summed E-state index contributed by atoms with van der Waals surface area (Å²) in [4.78, 5) is 20.3. The molecule has 6 heteroatoms. The molecule has 2 fully saturated rings. The Kier molecular flexibility index (Phi) is 6.20. The van der Waals surface area contributed by atoms with E-state index in [4.69, 9.17) is 9.47 Å². The Hall–Kier alpha value is -2.41. The summed E-state index contributed by atoms with van der Waals surface area (Å²) in [6.45, 7) is 8.10. The van der Waals surface area contributed by atoms with Gasteiger partial charge in [-0.05, 0) is 22.8 Å². The number of amides is 1. The van der Waals surface area contributed by atoms with Crippen LogP contribution in [0.4, 0.5) is 0 Å². The average Bonchev–Trinajstić information content (AvgIpc) is 3.30. The predicted octanol–water partition coefficient (Wildman–Crippen LogP) is 2.34. The Bertz CT molecular complexity index is 890. The topological polar surface area (TPSA) is 45.2 Å². The normalized spacial score (nSPS) is 20.8. The number of fused-ring (bicyclic) bond motifs is 1. The largest absolute Gasteiger partial charge is 0.493 e. The van der Waals surface area contributed by atoms with Gasteiger partial charge in [-0.1, -0.05) is 42.5 Å². The summed E-state index contributed by atoms with van der Waals surface area (Å²) in [6.07, 6.45) is 1.01. The molecule has 0 unspecified atom stereocenters. The lowest BCUT2D eigenvalue weighted by atomic mass is 10.0. The number of hydrogen-bond donors (Lipinski definition) is 0. The highest BCUT2D eigenvalue weighted by molar-refractivity contribution is 5.83. The van der Waals surface area contributed by atoms with E-state index in [9.17, 15) is 4.79 Å². The van der Waals surface area contributed by atoms with Crippen LogP contribution in [0.2, 0.25) is 0 Å². The van der Waals surface area contributed by atoms with Gasteiger partial charge in [-0.2, -0.15) is 0 Å². The van der Waals surface area contributed by atoms with Gasteiger partial charge in [-0.15, -0.1) is 0 Å². The number of morpholine rings is 1. The lowest BCUT2D eigenvalue weighted by Crippen LogP contribution is -2.52. The Labute approximate surface area is 184 Å². The lowest BCUT2D eigenvalue weighted by Gasteiger charge is -2.41. The van der Waals surface area contributed by atoms with Crippen LogP contribution in [0.5, 0.6) is 5.75 Å². The molecule has 164 valence electrons. The van der Waals surface area contributed by atoms with E-state index in [2.05, 4.69) is 40.1 Å². The molecule has 0 aliphatic carbocycles. The highest BCUT2D eigenvalue weighted by atomic mass is 16.5. The van der Waals surface area contributed by atoms with Gasteiger partial charge in [0.25, 0.3) is 0 Å². The second-order valence-electron chi connectivity index (χ2n) is 8.60. The van der Waals surface area contributed by atoms with Crippen LogP contribution in [0.25, 0.3) is 0 Å². The summed E-state index contributed by atoms with van der Waals surface area (Å²) in [5.41, 5.74) is 3.77. The third-order valence-electron chi connectivity index (χ3n) is 6.60. The van der Waals surface area contributed by atoms with Crippen LogP contribution in [0.3, 0.4) is 0 Å². The van der Waals surface area contributed by atoms with Gasteiger partial charge in [0.1, 0.15) is 11.8 Å². The van der Waals surface area contributed by atoms with Crippen molar-refractivity contribution in [1.29, 1.82) is 0 Å². The number of carbonyl (C=O) groups is 1. The molecular formula is C25H31N3O3. The molecule has 3 aliphatic heterocycles. The number of nitrogens with zero attached hydrogens (tertiary/aromatic N) is 3. The van der Waals surface area contributed by atoms with Gasteiger partial charge >= 0.3 is 0 Å². The molecule has 1 amide bonds. The van der Waals surface area contributed by atoms with Gasteiger partial charge in [-0.3, -0.25) is 14.6 Å². The molecule has 0 spiro atoms. The van der Waals surface area contributed by atoms with Crippen LogP contribution in [0, 0.1) is 0 Å². The molecule has 0 bridgehead atoms. The van der Waals surface area contributed by atoms with Crippen molar-refractivity contribution in [3.05, 3.63) is 65.2 Å². The van der Waals surface area contributed by atoms with Crippen LogP contribution in [0.1, 0.15) is 22.7 Å². The minimum Gasteiger partial charge on any atom is -0.493 e. The van der Waals surface area contributed by atoms with Gasteiger partial charge in [0.05, 0.1) is 19.8 Å². The molecule has 0 N–H and O–H groups in total. The maximum absolute atomic E-state index is 13.5. The molecule has 0 radical (unpaired) electrons. The molecule has 0 saturated carbocycles. The van der Waals surface area contributed by atoms with Crippen molar-refractivity contribution in [2.75, 3.05) is 59.1 Å². The first kappa shape index (κ1) is 20.5. The van der Waals surface area contributed by atoms with Crippen molar-refractivity contribution in [3.63, 3.8) is 0 Å². The van der Waals surface area contributed by atoms with Crippen LogP contribution in [0.15, 0.2) is 48.5 Å². The van der Waals surface area contributed by atoms with Gasteiger partial charge in [0.2, 0.25) is 5.91 Å². The molecule has 2 saturated heterocycles. The molecular weight excluding hydrogens is 390 g/mol. The molecule has 3 aliphatic rings. The van der Waals surface area contributed by atoms with Crippen LogP contribution in [-0.2, 0) is 22.5 Å². The van der Waals surface area contributed by atoms with E-state index in [1.54, 1.807) is 0 Å². The monoisotopic (exact) mass is 421 g/mol. The fourth-order valence-electron chi connectivity index (χ4n) is 4.88. The number of carbonyl (C=O) groups excluding carboxylic acids is 1. The quantitative estimate of drug-likeness (QED) is 0.742. The maximum Gasteiger partial charge on any atom is 0.244 e. The highest BCUT2D eigenvalue weighted by Crippen LogP contribution is 2.28. The van der Waals surface area contributed by atoms with Crippen molar-refractivity contribution in [1.82, 2.24) is 14.7 Å². The van der Waals surface area contributed by atoms with E-state index in [-0.39, 0.29) is 11.9 Å². The van der Waals surface area contributed by atoms with Crippen LogP contribution >= 0.6 is 0 Å². The minimum absolute atomic E-state index is 0.210. The second kappa shape index (κ2) is 9.39. The third-order valence-corrected chi connectivity index (χ3v) is 6.60. The first-order valence-corrected chi connectivity index (χ1v) is 11.4. The van der Waals surface area contributed by atoms with E-state index in [1.807, 2.05) is 23.1 Å². The number of rotatable bonds is 5. The summed E-state index contributed by atoms with van der Waals surface area (Å²) < 4.78 is 11.1. The zero-order valence-corrected chi connectivity index (χ0v) is 18.0. The van der Waals surface area contributed by atoms with E-state index >= 15 is 0 Å². The Morgan fingerprint density at radius 2 is 1.68 bits per heavy atom. The van der Waals surface area contributed by atoms with E-state index in [0.717, 1.165) is 57.1 Å². The molecule has 31 heavy (non-hydrogen) atoms. The second-order valence-corrected chi connectivity index (χ2v) is 8.60. The summed E-state index contributed by atoms with van der Waals surface area (Å²) in [5, 5.41) is 0. The zero-order valence-electron chi connectivity index (χ0n) is 18.0. The Morgan fingerprint density at radius 3 is 2.45 bits per heavy atom. The van der Waals surface area contributed by atoms with E-state index < -0.39 is 0 Å². The molecule has 2 aromatic carbocycles. The fraction of sp³-hybridized carbons (Fsp3) is 0.480. The van der Waals surface area contributed by atoms with Crippen molar-refractivity contribution < 1.29 is 14.3 Å². The number of benzene rings is 2. The Morgan fingerprint density at radius 1 is 0.903 bits per heavy atom. The minimum atomic E-state index is -0.210. The first-order valence-electron chi connectivity index (χ1n) is 11.4. The fourth-order valence-corrected chi connectivity index (χ4v) is 4.88. The van der Waals surface area contributed by atoms with E-state index in [0.29, 0.717) is 26.3 Å². The van der Waals surface area contributed by atoms with Crippen molar-refractivity contribution in [2.24, 2.45) is 0 Å². The third kappa shape index (κ3) is 4.61. The van der Waals surface area contributed by atoms with Gasteiger partial charge in [-0.25, -0.2) is 0 Å². The number of hydrogen-bond acceptors (Lipinski definition) is 5. The molecule has 6 nitrogen and oxygen atoms in total. The highest BCUT2D eigenvalue weighted by Gasteiger charge is 2.34. The summed E-state index contributed by atoms with van der Waals surface area (Å²) >= 11 is 0. The van der Waals surface area contributed by atoms with Crippen molar-refractivity contribution in [2.45, 2.75) is 19.0 Å². The average molecular weight is 422 g/mol. The van der Waals surface area contributed by atoms with Crippen molar-refractivity contribution >= 4 is 5.91 Å². The number of piperazine rings is 1. The number of ether oxygens (including phenoxy) is 2. The molecule has 0 aromatic heterocycles. The van der Waals surface area contributed by atoms with Gasteiger partial charge in [0, 0.05) is 52.2 Å². The first-order chi connectivity index (χ1) is 15.3.